The second-order valence-corrected chi connectivity index (χ2v) is 3.88. The number of piperazine rings is 1. The quantitative estimate of drug-likeness (QED) is 0.680. The van der Waals surface area contributed by atoms with Crippen molar-refractivity contribution in [1.82, 2.24) is 10.2 Å². The summed E-state index contributed by atoms with van der Waals surface area (Å²) in [5.41, 5.74) is 0. The molecule has 1 amide bonds. The highest BCUT2D eigenvalue weighted by molar-refractivity contribution is 5.81. The smallest absolute Gasteiger partial charge is 0.323 e. The van der Waals surface area contributed by atoms with Gasteiger partial charge in [0.2, 0.25) is 5.91 Å². The molecule has 5 nitrogen and oxygen atoms in total. The van der Waals surface area contributed by atoms with E-state index in [-0.39, 0.29) is 17.9 Å². The molecule has 0 aromatic carbocycles. The molecule has 1 aliphatic heterocycles. The highest BCUT2D eigenvalue weighted by Gasteiger charge is 2.29. The van der Waals surface area contributed by atoms with Gasteiger partial charge in [-0.2, -0.15) is 0 Å². The number of nitrogens with zero attached hydrogens (tertiary/aromatic N) is 1. The van der Waals surface area contributed by atoms with Crippen molar-refractivity contribution in [2.24, 2.45) is 0 Å². The highest BCUT2D eigenvalue weighted by atomic mass is 16.5. The molecule has 0 aromatic rings. The van der Waals surface area contributed by atoms with Crippen molar-refractivity contribution in [3.8, 4) is 0 Å². The molecule has 0 aliphatic carbocycles. The van der Waals surface area contributed by atoms with Crippen molar-refractivity contribution in [2.75, 3.05) is 26.2 Å². The van der Waals surface area contributed by atoms with Gasteiger partial charge >= 0.3 is 5.97 Å². The van der Waals surface area contributed by atoms with E-state index in [9.17, 15) is 9.59 Å². The van der Waals surface area contributed by atoms with Crippen LogP contribution in [0.15, 0.2) is 0 Å². The molecule has 5 heteroatoms. The Morgan fingerprint density at radius 1 is 1.56 bits per heavy atom. The molecule has 0 bridgehead atoms. The van der Waals surface area contributed by atoms with Gasteiger partial charge in [-0.1, -0.05) is 13.3 Å². The molecule has 0 radical (unpaired) electrons. The number of nitrogens with one attached hydrogen (secondary N) is 1. The summed E-state index contributed by atoms with van der Waals surface area (Å²) in [7, 11) is 0. The average Bonchev–Trinajstić information content (AvgIpc) is 2.26. The maximum absolute atomic E-state index is 11.7. The van der Waals surface area contributed by atoms with Crippen molar-refractivity contribution >= 4 is 11.9 Å². The molecule has 1 atom stereocenters. The highest BCUT2D eigenvalue weighted by Crippen LogP contribution is 2.10. The summed E-state index contributed by atoms with van der Waals surface area (Å²) in [5, 5.41) is 2.75. The van der Waals surface area contributed by atoms with Crippen molar-refractivity contribution in [1.29, 1.82) is 0 Å². The number of carbonyl (C=O) groups is 2. The predicted octanol–water partition coefficient (Wildman–Crippen LogP) is 0.150. The summed E-state index contributed by atoms with van der Waals surface area (Å²) in [6.45, 7) is 5.83. The number of hydrogen-bond donors (Lipinski definition) is 1. The zero-order chi connectivity index (χ0) is 12.0. The number of carbonyl (C=O) groups excluding carboxylic acids is 2. The molecule has 92 valence electrons. The van der Waals surface area contributed by atoms with Gasteiger partial charge in [-0.15, -0.1) is 0 Å². The lowest BCUT2D eigenvalue weighted by Crippen LogP contribution is -2.54. The number of ether oxygens (including phenoxy) is 1. The Morgan fingerprint density at radius 2 is 2.31 bits per heavy atom. The van der Waals surface area contributed by atoms with Gasteiger partial charge in [0.25, 0.3) is 0 Å². The third-order valence-electron chi connectivity index (χ3n) is 2.63. The summed E-state index contributed by atoms with van der Waals surface area (Å²) < 4.78 is 5.03. The van der Waals surface area contributed by atoms with Crippen LogP contribution in [0.4, 0.5) is 0 Å². The monoisotopic (exact) mass is 228 g/mol. The Kier molecular flexibility index (Phi) is 5.25. The van der Waals surface area contributed by atoms with E-state index in [0.29, 0.717) is 19.7 Å². The Balaban J connectivity index is 2.60. The third-order valence-corrected chi connectivity index (χ3v) is 2.63. The Morgan fingerprint density at radius 3 is 2.88 bits per heavy atom. The molecule has 0 spiro atoms. The predicted molar refractivity (Wildman–Crippen MR) is 59.9 cm³/mol. The van der Waals surface area contributed by atoms with E-state index < -0.39 is 0 Å². The summed E-state index contributed by atoms with van der Waals surface area (Å²) >= 11 is 0. The zero-order valence-corrected chi connectivity index (χ0v) is 9.99. The largest absolute Gasteiger partial charge is 0.465 e. The van der Waals surface area contributed by atoms with E-state index in [1.165, 1.54) is 0 Å². The minimum atomic E-state index is -0.268. The second-order valence-electron chi connectivity index (χ2n) is 3.88. The Hall–Kier alpha value is -1.10. The fraction of sp³-hybridized carbons (Fsp3) is 0.818. The van der Waals surface area contributed by atoms with E-state index in [1.807, 2.05) is 11.8 Å². The lowest BCUT2D eigenvalue weighted by atomic mass is 10.1. The Labute approximate surface area is 96.1 Å². The molecule has 1 rings (SSSR count). The SMILES string of the molecule is CCCC(C(=O)OCC)N1CCNC(=O)C1. The summed E-state index contributed by atoms with van der Waals surface area (Å²) in [4.78, 5) is 24.9. The first-order valence-electron chi connectivity index (χ1n) is 5.86. The number of rotatable bonds is 5. The van der Waals surface area contributed by atoms with E-state index in [4.69, 9.17) is 4.74 Å². The first-order valence-corrected chi connectivity index (χ1v) is 5.86. The minimum Gasteiger partial charge on any atom is -0.465 e. The number of esters is 1. The van der Waals surface area contributed by atoms with Crippen molar-refractivity contribution in [2.45, 2.75) is 32.7 Å². The van der Waals surface area contributed by atoms with E-state index in [1.54, 1.807) is 6.92 Å². The van der Waals surface area contributed by atoms with Gasteiger partial charge in [-0.05, 0) is 13.3 Å². The maximum atomic E-state index is 11.7. The molecule has 1 saturated heterocycles. The molecule has 1 heterocycles. The zero-order valence-electron chi connectivity index (χ0n) is 9.99. The van der Waals surface area contributed by atoms with Crippen LogP contribution in [0.1, 0.15) is 26.7 Å². The molecule has 1 N–H and O–H groups in total. The van der Waals surface area contributed by atoms with Crippen molar-refractivity contribution in [3.05, 3.63) is 0 Å². The van der Waals surface area contributed by atoms with Crippen LogP contribution >= 0.6 is 0 Å². The normalized spacial score (nSPS) is 19.0. The lowest BCUT2D eigenvalue weighted by molar-refractivity contribution is -0.150. The number of amides is 1. The fourth-order valence-corrected chi connectivity index (χ4v) is 1.89. The molecule has 1 unspecified atom stereocenters. The first-order chi connectivity index (χ1) is 7.69. The molecule has 0 saturated carbocycles. The molecule has 1 fully saturated rings. The van der Waals surface area contributed by atoms with Gasteiger partial charge in [0.1, 0.15) is 6.04 Å². The van der Waals surface area contributed by atoms with Crippen molar-refractivity contribution in [3.63, 3.8) is 0 Å². The lowest BCUT2D eigenvalue weighted by Gasteiger charge is -2.32. The van der Waals surface area contributed by atoms with Crippen molar-refractivity contribution < 1.29 is 14.3 Å². The van der Waals surface area contributed by atoms with E-state index in [2.05, 4.69) is 5.32 Å². The minimum absolute atomic E-state index is 0.0170. The van der Waals surface area contributed by atoms with Gasteiger partial charge in [0.05, 0.1) is 13.2 Å². The summed E-state index contributed by atoms with van der Waals surface area (Å²) in [6, 6.07) is -0.268. The van der Waals surface area contributed by atoms with Gasteiger partial charge in [-0.25, -0.2) is 0 Å². The molecule has 0 aromatic heterocycles. The van der Waals surface area contributed by atoms with Crippen LogP contribution < -0.4 is 5.32 Å². The molecular formula is C11H20N2O3. The summed E-state index contributed by atoms with van der Waals surface area (Å²) in [6.07, 6.45) is 1.65. The van der Waals surface area contributed by atoms with Crippen LogP contribution in [0.2, 0.25) is 0 Å². The third kappa shape index (κ3) is 3.48. The molecule has 1 aliphatic rings. The van der Waals surface area contributed by atoms with E-state index >= 15 is 0 Å². The standard InChI is InChI=1S/C11H20N2O3/c1-3-5-9(11(15)16-4-2)13-7-6-12-10(14)8-13/h9H,3-8H2,1-2H3,(H,12,14). The first kappa shape index (κ1) is 13.0. The topological polar surface area (TPSA) is 58.6 Å². The van der Waals surface area contributed by atoms with Gasteiger partial charge in [0.15, 0.2) is 0 Å². The number of hydrogen-bond acceptors (Lipinski definition) is 4. The summed E-state index contributed by atoms with van der Waals surface area (Å²) in [5.74, 6) is -0.226. The van der Waals surface area contributed by atoms with Crippen LogP contribution in [-0.4, -0.2) is 49.1 Å². The van der Waals surface area contributed by atoms with Gasteiger partial charge in [0, 0.05) is 13.1 Å². The maximum Gasteiger partial charge on any atom is 0.323 e. The van der Waals surface area contributed by atoms with Crippen LogP contribution in [0, 0.1) is 0 Å². The van der Waals surface area contributed by atoms with Crippen LogP contribution in [0.3, 0.4) is 0 Å². The van der Waals surface area contributed by atoms with Crippen LogP contribution in [0.5, 0.6) is 0 Å². The van der Waals surface area contributed by atoms with Gasteiger partial charge in [-0.3, -0.25) is 14.5 Å². The molecule has 16 heavy (non-hydrogen) atoms. The van der Waals surface area contributed by atoms with Crippen LogP contribution in [-0.2, 0) is 14.3 Å². The molecular weight excluding hydrogens is 208 g/mol. The fourth-order valence-electron chi connectivity index (χ4n) is 1.89. The Bertz CT molecular complexity index is 256. The average molecular weight is 228 g/mol. The second kappa shape index (κ2) is 6.48. The van der Waals surface area contributed by atoms with E-state index in [0.717, 1.165) is 19.4 Å². The van der Waals surface area contributed by atoms with Gasteiger partial charge < -0.3 is 10.1 Å². The van der Waals surface area contributed by atoms with Crippen LogP contribution in [0.25, 0.3) is 0 Å².